The van der Waals surface area contributed by atoms with Crippen LogP contribution in [0.3, 0.4) is 0 Å². The first kappa shape index (κ1) is 12.6. The van der Waals surface area contributed by atoms with E-state index >= 15 is 0 Å². The molecule has 0 amide bonds. The van der Waals surface area contributed by atoms with Crippen molar-refractivity contribution in [3.8, 4) is 0 Å². The Labute approximate surface area is 110 Å². The summed E-state index contributed by atoms with van der Waals surface area (Å²) in [6.07, 6.45) is 2.07. The summed E-state index contributed by atoms with van der Waals surface area (Å²) in [5, 5.41) is 9.49. The number of fused-ring (bicyclic) bond motifs is 1. The monoisotopic (exact) mass is 297 g/mol. The molecule has 0 fully saturated rings. The number of hydrogen-bond donors (Lipinski definition) is 1. The van der Waals surface area contributed by atoms with Gasteiger partial charge >= 0.3 is 5.97 Å². The van der Waals surface area contributed by atoms with E-state index < -0.39 is 11.5 Å². The van der Waals surface area contributed by atoms with Crippen LogP contribution >= 0.6 is 15.9 Å². The third-order valence-electron chi connectivity index (χ3n) is 3.71. The molecule has 0 saturated carbocycles. The van der Waals surface area contributed by atoms with Crippen molar-refractivity contribution in [2.24, 2.45) is 0 Å². The Kier molecular flexibility index (Phi) is 3.27. The van der Waals surface area contributed by atoms with Crippen molar-refractivity contribution in [3.05, 3.63) is 33.8 Å². The van der Waals surface area contributed by atoms with E-state index in [1.54, 1.807) is 0 Å². The molecule has 1 aliphatic rings. The minimum Gasteiger partial charge on any atom is -0.480 e. The highest BCUT2D eigenvalue weighted by Gasteiger charge is 2.43. The molecular weight excluding hydrogens is 282 g/mol. The van der Waals surface area contributed by atoms with Crippen LogP contribution in [0, 0.1) is 0 Å². The van der Waals surface area contributed by atoms with E-state index in [4.69, 9.17) is 0 Å². The Morgan fingerprint density at radius 3 is 2.71 bits per heavy atom. The standard InChI is InChI=1S/C13H16BrNO2/c1-15(2)13(12(16)17)6-5-9-7-11(14)4-3-10(9)8-13/h3-4,7H,5-6,8H2,1-2H3,(H,16,17). The maximum Gasteiger partial charge on any atom is 0.324 e. The number of rotatable bonds is 2. The van der Waals surface area contributed by atoms with Crippen molar-refractivity contribution in [1.82, 2.24) is 4.90 Å². The van der Waals surface area contributed by atoms with Crippen LogP contribution in [0.4, 0.5) is 0 Å². The first-order valence-corrected chi connectivity index (χ1v) is 6.43. The van der Waals surface area contributed by atoms with E-state index in [9.17, 15) is 9.90 Å². The Bertz CT molecular complexity index is 459. The highest BCUT2D eigenvalue weighted by Crippen LogP contribution is 2.33. The van der Waals surface area contributed by atoms with Crippen LogP contribution in [0.5, 0.6) is 0 Å². The number of carboxylic acids is 1. The second kappa shape index (κ2) is 4.42. The molecular formula is C13H16BrNO2. The summed E-state index contributed by atoms with van der Waals surface area (Å²) in [6, 6.07) is 6.10. The van der Waals surface area contributed by atoms with Crippen LogP contribution in [-0.2, 0) is 17.6 Å². The smallest absolute Gasteiger partial charge is 0.324 e. The molecule has 17 heavy (non-hydrogen) atoms. The fourth-order valence-electron chi connectivity index (χ4n) is 2.50. The van der Waals surface area contributed by atoms with Gasteiger partial charge in [0, 0.05) is 10.9 Å². The molecule has 0 spiro atoms. The fraction of sp³-hybridized carbons (Fsp3) is 0.462. The number of carboxylic acid groups (broad SMARTS) is 1. The molecule has 0 radical (unpaired) electrons. The van der Waals surface area contributed by atoms with E-state index in [2.05, 4.69) is 22.0 Å². The van der Waals surface area contributed by atoms with Crippen LogP contribution in [0.2, 0.25) is 0 Å². The van der Waals surface area contributed by atoms with Gasteiger partial charge in [0.05, 0.1) is 0 Å². The van der Waals surface area contributed by atoms with E-state index in [1.807, 2.05) is 31.1 Å². The summed E-state index contributed by atoms with van der Waals surface area (Å²) in [7, 11) is 3.69. The quantitative estimate of drug-likeness (QED) is 0.911. The van der Waals surface area contributed by atoms with Gasteiger partial charge < -0.3 is 5.11 Å². The zero-order valence-corrected chi connectivity index (χ0v) is 11.6. The highest BCUT2D eigenvalue weighted by molar-refractivity contribution is 9.10. The lowest BCUT2D eigenvalue weighted by Gasteiger charge is -2.39. The number of halogens is 1. The molecule has 92 valence electrons. The maximum absolute atomic E-state index is 11.5. The number of likely N-dealkylation sites (N-methyl/N-ethyl adjacent to an activating group) is 1. The number of benzene rings is 1. The summed E-state index contributed by atoms with van der Waals surface area (Å²) in [4.78, 5) is 13.4. The van der Waals surface area contributed by atoms with Crippen LogP contribution in [0.15, 0.2) is 22.7 Å². The van der Waals surface area contributed by atoms with Gasteiger partial charge in [-0.2, -0.15) is 0 Å². The van der Waals surface area contributed by atoms with Crippen molar-refractivity contribution >= 4 is 21.9 Å². The van der Waals surface area contributed by atoms with Gasteiger partial charge in [-0.15, -0.1) is 0 Å². The van der Waals surface area contributed by atoms with Crippen molar-refractivity contribution in [1.29, 1.82) is 0 Å². The zero-order chi connectivity index (χ0) is 12.6. The summed E-state index contributed by atoms with van der Waals surface area (Å²) in [5.41, 5.74) is 1.66. The first-order valence-electron chi connectivity index (χ1n) is 5.64. The first-order chi connectivity index (χ1) is 7.95. The lowest BCUT2D eigenvalue weighted by molar-refractivity contribution is -0.150. The minimum atomic E-state index is -0.749. The molecule has 0 aliphatic heterocycles. The molecule has 1 N–H and O–H groups in total. The molecule has 1 unspecified atom stereocenters. The zero-order valence-electron chi connectivity index (χ0n) is 10.0. The summed E-state index contributed by atoms with van der Waals surface area (Å²) in [6.45, 7) is 0. The van der Waals surface area contributed by atoms with Crippen LogP contribution < -0.4 is 0 Å². The van der Waals surface area contributed by atoms with Gasteiger partial charge in [0.25, 0.3) is 0 Å². The lowest BCUT2D eigenvalue weighted by Crippen LogP contribution is -2.54. The molecule has 0 aromatic heterocycles. The maximum atomic E-state index is 11.5. The lowest BCUT2D eigenvalue weighted by atomic mass is 9.77. The van der Waals surface area contributed by atoms with Crippen LogP contribution in [0.1, 0.15) is 17.5 Å². The molecule has 1 aliphatic carbocycles. The number of aliphatic carboxylic acids is 1. The average molecular weight is 298 g/mol. The Morgan fingerprint density at radius 1 is 1.41 bits per heavy atom. The Hall–Kier alpha value is -0.870. The van der Waals surface area contributed by atoms with Gasteiger partial charge in [-0.3, -0.25) is 9.69 Å². The second-order valence-electron chi connectivity index (χ2n) is 4.82. The van der Waals surface area contributed by atoms with E-state index in [-0.39, 0.29) is 0 Å². The van der Waals surface area contributed by atoms with Crippen LogP contribution in [-0.4, -0.2) is 35.6 Å². The molecule has 1 aromatic rings. The predicted molar refractivity (Wildman–Crippen MR) is 70.2 cm³/mol. The second-order valence-corrected chi connectivity index (χ2v) is 5.74. The van der Waals surface area contributed by atoms with Gasteiger partial charge in [-0.25, -0.2) is 0 Å². The average Bonchev–Trinajstić information content (AvgIpc) is 2.27. The predicted octanol–water partition coefficient (Wildman–Crippen LogP) is 2.32. The molecule has 3 nitrogen and oxygen atoms in total. The molecule has 1 aromatic carbocycles. The summed E-state index contributed by atoms with van der Waals surface area (Å²) < 4.78 is 1.06. The number of nitrogens with zero attached hydrogens (tertiary/aromatic N) is 1. The number of carbonyl (C=O) groups is 1. The Balaban J connectivity index is 2.40. The Morgan fingerprint density at radius 2 is 2.12 bits per heavy atom. The normalized spacial score (nSPS) is 23.5. The topological polar surface area (TPSA) is 40.5 Å². The fourth-order valence-corrected chi connectivity index (χ4v) is 2.91. The summed E-state index contributed by atoms with van der Waals surface area (Å²) >= 11 is 3.45. The van der Waals surface area contributed by atoms with Gasteiger partial charge in [0.15, 0.2) is 0 Å². The third-order valence-corrected chi connectivity index (χ3v) is 4.21. The van der Waals surface area contributed by atoms with Gasteiger partial charge in [-0.05, 0) is 50.2 Å². The molecule has 1 atom stereocenters. The number of hydrogen-bond acceptors (Lipinski definition) is 2. The van der Waals surface area contributed by atoms with Gasteiger partial charge in [0.1, 0.15) is 5.54 Å². The van der Waals surface area contributed by atoms with Gasteiger partial charge in [-0.1, -0.05) is 22.0 Å². The number of aryl methyl sites for hydroxylation is 1. The largest absolute Gasteiger partial charge is 0.480 e. The molecule has 4 heteroatoms. The van der Waals surface area contributed by atoms with Crippen molar-refractivity contribution in [2.75, 3.05) is 14.1 Å². The molecule has 0 heterocycles. The summed E-state index contributed by atoms with van der Waals surface area (Å²) in [5.74, 6) is -0.726. The minimum absolute atomic E-state index is 0.581. The third kappa shape index (κ3) is 2.11. The van der Waals surface area contributed by atoms with E-state index in [0.717, 1.165) is 16.5 Å². The van der Waals surface area contributed by atoms with Gasteiger partial charge in [0.2, 0.25) is 0 Å². The van der Waals surface area contributed by atoms with Crippen molar-refractivity contribution in [2.45, 2.75) is 24.8 Å². The van der Waals surface area contributed by atoms with Crippen molar-refractivity contribution in [3.63, 3.8) is 0 Å². The molecule has 2 rings (SSSR count). The highest BCUT2D eigenvalue weighted by atomic mass is 79.9. The van der Waals surface area contributed by atoms with Crippen molar-refractivity contribution < 1.29 is 9.90 Å². The van der Waals surface area contributed by atoms with E-state index in [1.165, 1.54) is 5.56 Å². The van der Waals surface area contributed by atoms with E-state index in [0.29, 0.717) is 12.8 Å². The molecule has 0 saturated heterocycles. The molecule has 0 bridgehead atoms. The SMILES string of the molecule is CN(C)C1(C(=O)O)CCc2cc(Br)ccc2C1. The van der Waals surface area contributed by atoms with Crippen LogP contribution in [0.25, 0.3) is 0 Å².